The summed E-state index contributed by atoms with van der Waals surface area (Å²) in [5.41, 5.74) is 2.54. The van der Waals surface area contributed by atoms with Crippen LogP contribution in [0.2, 0.25) is 0 Å². The smallest absolute Gasteiger partial charge is 0.118 e. The minimum absolute atomic E-state index is 0.833. The SMILES string of the molecule is CCNCc1coc(CN(C)Cc2csc(Br)c2)c1. The summed E-state index contributed by atoms with van der Waals surface area (Å²) < 4.78 is 6.77. The van der Waals surface area contributed by atoms with Crippen molar-refractivity contribution in [3.63, 3.8) is 0 Å². The zero-order valence-corrected chi connectivity index (χ0v) is 13.7. The molecule has 0 bridgehead atoms. The molecule has 19 heavy (non-hydrogen) atoms. The average Bonchev–Trinajstić information content (AvgIpc) is 2.96. The molecule has 0 aliphatic rings. The third kappa shape index (κ3) is 4.76. The number of thiophene rings is 1. The molecular weight excluding hydrogens is 324 g/mol. The molecule has 0 unspecified atom stereocenters. The number of hydrogen-bond acceptors (Lipinski definition) is 4. The summed E-state index contributed by atoms with van der Waals surface area (Å²) in [6.07, 6.45) is 1.84. The van der Waals surface area contributed by atoms with Crippen LogP contribution in [-0.2, 0) is 19.6 Å². The molecule has 0 radical (unpaired) electrons. The lowest BCUT2D eigenvalue weighted by molar-refractivity contribution is 0.288. The Kier molecular flexibility index (Phi) is 5.63. The molecule has 0 saturated carbocycles. The second-order valence-corrected chi connectivity index (χ2v) is 6.92. The fraction of sp³-hybridized carbons (Fsp3) is 0.429. The van der Waals surface area contributed by atoms with Gasteiger partial charge in [0.05, 0.1) is 16.6 Å². The fourth-order valence-corrected chi connectivity index (χ4v) is 3.13. The van der Waals surface area contributed by atoms with Crippen molar-refractivity contribution in [1.29, 1.82) is 0 Å². The van der Waals surface area contributed by atoms with E-state index < -0.39 is 0 Å². The Bertz CT molecular complexity index is 509. The molecule has 2 aromatic rings. The van der Waals surface area contributed by atoms with Gasteiger partial charge in [-0.15, -0.1) is 11.3 Å². The molecule has 0 amide bonds. The molecule has 2 aromatic heterocycles. The van der Waals surface area contributed by atoms with Crippen LogP contribution in [0.4, 0.5) is 0 Å². The molecule has 0 saturated heterocycles. The molecule has 0 aromatic carbocycles. The monoisotopic (exact) mass is 342 g/mol. The summed E-state index contributed by atoms with van der Waals surface area (Å²) in [5.74, 6) is 1.02. The van der Waals surface area contributed by atoms with Gasteiger partial charge in [0.2, 0.25) is 0 Å². The molecule has 2 heterocycles. The first-order valence-electron chi connectivity index (χ1n) is 6.36. The summed E-state index contributed by atoms with van der Waals surface area (Å²) >= 11 is 5.21. The van der Waals surface area contributed by atoms with E-state index in [9.17, 15) is 0 Å². The lowest BCUT2D eigenvalue weighted by Crippen LogP contribution is -2.16. The standard InChI is InChI=1S/C14H19BrN2OS/c1-3-16-6-11-4-13(18-9-11)8-17(2)7-12-5-14(15)19-10-12/h4-5,9-10,16H,3,6-8H2,1-2H3. The van der Waals surface area contributed by atoms with E-state index in [4.69, 9.17) is 4.42 Å². The number of nitrogens with one attached hydrogen (secondary N) is 1. The molecule has 5 heteroatoms. The third-order valence-corrected chi connectivity index (χ3v) is 4.34. The van der Waals surface area contributed by atoms with Gasteiger partial charge >= 0.3 is 0 Å². The van der Waals surface area contributed by atoms with Crippen molar-refractivity contribution in [2.24, 2.45) is 0 Å². The highest BCUT2D eigenvalue weighted by Crippen LogP contribution is 2.22. The Balaban J connectivity index is 1.84. The molecule has 0 aliphatic carbocycles. The van der Waals surface area contributed by atoms with Crippen LogP contribution in [0.5, 0.6) is 0 Å². The van der Waals surface area contributed by atoms with E-state index in [-0.39, 0.29) is 0 Å². The number of halogens is 1. The maximum absolute atomic E-state index is 5.59. The third-order valence-electron chi connectivity index (χ3n) is 2.79. The van der Waals surface area contributed by atoms with Crippen LogP contribution in [0, 0.1) is 0 Å². The first-order valence-corrected chi connectivity index (χ1v) is 8.03. The van der Waals surface area contributed by atoms with E-state index in [1.165, 1.54) is 14.9 Å². The zero-order valence-electron chi connectivity index (χ0n) is 11.3. The van der Waals surface area contributed by atoms with Crippen molar-refractivity contribution in [3.8, 4) is 0 Å². The summed E-state index contributed by atoms with van der Waals surface area (Å²) in [7, 11) is 2.11. The molecular formula is C14H19BrN2OS. The van der Waals surface area contributed by atoms with Gasteiger partial charge in [-0.2, -0.15) is 0 Å². The summed E-state index contributed by atoms with van der Waals surface area (Å²) in [5, 5.41) is 5.48. The number of furan rings is 1. The normalized spacial score (nSPS) is 11.4. The van der Waals surface area contributed by atoms with Gasteiger partial charge in [0.25, 0.3) is 0 Å². The lowest BCUT2D eigenvalue weighted by Gasteiger charge is -2.13. The molecule has 0 fully saturated rings. The van der Waals surface area contributed by atoms with E-state index >= 15 is 0 Å². The van der Waals surface area contributed by atoms with Crippen LogP contribution in [-0.4, -0.2) is 18.5 Å². The van der Waals surface area contributed by atoms with E-state index in [2.05, 4.69) is 57.6 Å². The number of nitrogens with zero attached hydrogens (tertiary/aromatic N) is 1. The molecule has 0 atom stereocenters. The maximum Gasteiger partial charge on any atom is 0.118 e. The van der Waals surface area contributed by atoms with E-state index in [0.717, 1.165) is 31.9 Å². The minimum Gasteiger partial charge on any atom is -0.468 e. The van der Waals surface area contributed by atoms with Crippen LogP contribution in [0.3, 0.4) is 0 Å². The van der Waals surface area contributed by atoms with Gasteiger partial charge in [0.15, 0.2) is 0 Å². The van der Waals surface area contributed by atoms with Crippen molar-refractivity contribution in [2.75, 3.05) is 13.6 Å². The van der Waals surface area contributed by atoms with Gasteiger partial charge in [0, 0.05) is 18.7 Å². The second-order valence-electron chi connectivity index (χ2n) is 4.63. The Morgan fingerprint density at radius 2 is 2.16 bits per heavy atom. The van der Waals surface area contributed by atoms with Gasteiger partial charge < -0.3 is 9.73 Å². The topological polar surface area (TPSA) is 28.4 Å². The Hall–Kier alpha value is -0.620. The highest BCUT2D eigenvalue weighted by molar-refractivity contribution is 9.11. The molecule has 0 spiro atoms. The number of rotatable bonds is 7. The van der Waals surface area contributed by atoms with Crippen LogP contribution in [0.15, 0.2) is 32.0 Å². The summed E-state index contributed by atoms with van der Waals surface area (Å²) in [4.78, 5) is 2.25. The Morgan fingerprint density at radius 3 is 2.84 bits per heavy atom. The quantitative estimate of drug-likeness (QED) is 0.828. The average molecular weight is 343 g/mol. The summed E-state index contributed by atoms with van der Waals surface area (Å²) in [6, 6.07) is 4.29. The molecule has 3 nitrogen and oxygen atoms in total. The van der Waals surface area contributed by atoms with Crippen molar-refractivity contribution in [3.05, 3.63) is 44.4 Å². The number of hydrogen-bond donors (Lipinski definition) is 1. The molecule has 0 aliphatic heterocycles. The highest BCUT2D eigenvalue weighted by atomic mass is 79.9. The van der Waals surface area contributed by atoms with Crippen molar-refractivity contribution < 1.29 is 4.42 Å². The molecule has 1 N–H and O–H groups in total. The van der Waals surface area contributed by atoms with Crippen LogP contribution in [0.1, 0.15) is 23.8 Å². The zero-order chi connectivity index (χ0) is 13.7. The predicted octanol–water partition coefficient (Wildman–Crippen LogP) is 3.85. The highest BCUT2D eigenvalue weighted by Gasteiger charge is 2.07. The van der Waals surface area contributed by atoms with Gasteiger partial charge in [-0.3, -0.25) is 4.90 Å². The van der Waals surface area contributed by atoms with Crippen molar-refractivity contribution in [2.45, 2.75) is 26.6 Å². The minimum atomic E-state index is 0.833. The Morgan fingerprint density at radius 1 is 1.32 bits per heavy atom. The van der Waals surface area contributed by atoms with Gasteiger partial charge in [-0.25, -0.2) is 0 Å². The van der Waals surface area contributed by atoms with E-state index in [0.29, 0.717) is 0 Å². The largest absolute Gasteiger partial charge is 0.468 e. The molecule has 2 rings (SSSR count). The van der Waals surface area contributed by atoms with E-state index in [1.54, 1.807) is 11.3 Å². The van der Waals surface area contributed by atoms with Crippen molar-refractivity contribution in [1.82, 2.24) is 10.2 Å². The predicted molar refractivity (Wildman–Crippen MR) is 83.3 cm³/mol. The van der Waals surface area contributed by atoms with Gasteiger partial charge in [-0.05, 0) is 52.6 Å². The van der Waals surface area contributed by atoms with E-state index in [1.807, 2.05) is 6.26 Å². The molecule has 104 valence electrons. The first-order chi connectivity index (χ1) is 9.17. The Labute approximate surface area is 126 Å². The first kappa shape index (κ1) is 14.8. The maximum atomic E-state index is 5.59. The van der Waals surface area contributed by atoms with Gasteiger partial charge in [-0.1, -0.05) is 6.92 Å². The van der Waals surface area contributed by atoms with Crippen LogP contribution < -0.4 is 5.32 Å². The van der Waals surface area contributed by atoms with Gasteiger partial charge in [0.1, 0.15) is 5.76 Å². The second kappa shape index (κ2) is 7.24. The lowest BCUT2D eigenvalue weighted by atomic mass is 10.3. The fourth-order valence-electron chi connectivity index (χ4n) is 1.93. The van der Waals surface area contributed by atoms with Crippen LogP contribution in [0.25, 0.3) is 0 Å². The van der Waals surface area contributed by atoms with Crippen molar-refractivity contribution >= 4 is 27.3 Å². The van der Waals surface area contributed by atoms with Crippen LogP contribution >= 0.6 is 27.3 Å². The summed E-state index contributed by atoms with van der Waals surface area (Å²) in [6.45, 7) is 5.73.